The molecule has 1 aliphatic rings. The third-order valence-corrected chi connectivity index (χ3v) is 4.31. The molecule has 2 N–H and O–H groups in total. The monoisotopic (exact) mass is 308 g/mol. The van der Waals surface area contributed by atoms with Gasteiger partial charge in [0.25, 0.3) is 0 Å². The number of amides is 1. The van der Waals surface area contributed by atoms with E-state index in [-0.39, 0.29) is 30.1 Å². The largest absolute Gasteiger partial charge is 0.376 e. The summed E-state index contributed by atoms with van der Waals surface area (Å²) in [6, 6.07) is 0.0837. The van der Waals surface area contributed by atoms with Gasteiger partial charge in [-0.25, -0.2) is 0 Å². The normalized spacial score (nSPS) is 22.3. The lowest BCUT2D eigenvalue weighted by atomic mass is 10.1. The summed E-state index contributed by atoms with van der Waals surface area (Å²) in [7, 11) is 0. The summed E-state index contributed by atoms with van der Waals surface area (Å²) in [5.74, 6) is 0.0196. The molecule has 0 aromatic carbocycles. The van der Waals surface area contributed by atoms with E-state index < -0.39 is 0 Å². The van der Waals surface area contributed by atoms with Crippen LogP contribution in [0.15, 0.2) is 12.4 Å². The van der Waals surface area contributed by atoms with Gasteiger partial charge in [-0.1, -0.05) is 0 Å². The Morgan fingerprint density at radius 1 is 1.50 bits per heavy atom. The van der Waals surface area contributed by atoms with E-state index in [2.05, 4.69) is 29.6 Å². The van der Waals surface area contributed by atoms with Gasteiger partial charge in [0.15, 0.2) is 0 Å². The van der Waals surface area contributed by atoms with Crippen LogP contribution in [0.2, 0.25) is 0 Å². The molecule has 1 amide bonds. The molecule has 2 heterocycles. The van der Waals surface area contributed by atoms with Crippen LogP contribution < -0.4 is 10.6 Å². The molecule has 1 aromatic rings. The van der Waals surface area contributed by atoms with Crippen LogP contribution in [0.25, 0.3) is 0 Å². The van der Waals surface area contributed by atoms with Crippen LogP contribution >= 0.6 is 0 Å². The topological polar surface area (TPSA) is 68.2 Å². The maximum atomic E-state index is 12.1. The van der Waals surface area contributed by atoms with Crippen molar-refractivity contribution in [2.24, 2.45) is 0 Å². The Balaban J connectivity index is 1.76. The number of ether oxygens (including phenoxy) is 1. The number of carbonyl (C=O) groups excluding carboxylic acids is 1. The van der Waals surface area contributed by atoms with Crippen LogP contribution in [0.4, 0.5) is 0 Å². The lowest BCUT2D eigenvalue weighted by Gasteiger charge is -2.25. The summed E-state index contributed by atoms with van der Waals surface area (Å²) >= 11 is 0. The molecule has 2 rings (SSSR count). The Morgan fingerprint density at radius 3 is 2.86 bits per heavy atom. The minimum absolute atomic E-state index is 0.0196. The van der Waals surface area contributed by atoms with Crippen LogP contribution in [-0.2, 0) is 9.53 Å². The smallest absolute Gasteiger partial charge is 0.236 e. The summed E-state index contributed by atoms with van der Waals surface area (Å²) in [6.45, 7) is 9.50. The summed E-state index contributed by atoms with van der Waals surface area (Å²) in [4.78, 5) is 12.1. The number of carbonyl (C=O) groups is 1. The van der Waals surface area contributed by atoms with Gasteiger partial charge in [0.1, 0.15) is 0 Å². The third-order valence-electron chi connectivity index (χ3n) is 4.31. The summed E-state index contributed by atoms with van der Waals surface area (Å²) < 4.78 is 7.45. The van der Waals surface area contributed by atoms with Gasteiger partial charge in [-0.15, -0.1) is 0 Å². The number of nitrogens with zero attached hydrogens (tertiary/aromatic N) is 2. The van der Waals surface area contributed by atoms with Crippen LogP contribution in [-0.4, -0.2) is 47.0 Å². The van der Waals surface area contributed by atoms with Crippen molar-refractivity contribution in [1.29, 1.82) is 0 Å². The van der Waals surface area contributed by atoms with E-state index in [9.17, 15) is 4.79 Å². The predicted octanol–water partition coefficient (Wildman–Crippen LogP) is 1.41. The minimum atomic E-state index is -0.240. The van der Waals surface area contributed by atoms with Gasteiger partial charge in [-0.2, -0.15) is 5.10 Å². The highest BCUT2D eigenvalue weighted by Gasteiger charge is 2.22. The Hall–Kier alpha value is -1.40. The number of nitrogens with one attached hydrogen (secondary N) is 2. The van der Waals surface area contributed by atoms with Crippen molar-refractivity contribution >= 4 is 5.91 Å². The molecule has 0 aliphatic carbocycles. The molecule has 124 valence electrons. The first-order chi connectivity index (χ1) is 10.5. The second-order valence-electron chi connectivity index (χ2n) is 6.30. The Labute approximate surface area is 132 Å². The molecule has 4 unspecified atom stereocenters. The van der Waals surface area contributed by atoms with Gasteiger partial charge in [0.05, 0.1) is 24.4 Å². The first-order valence-corrected chi connectivity index (χ1v) is 8.13. The van der Waals surface area contributed by atoms with E-state index in [1.54, 1.807) is 0 Å². The predicted molar refractivity (Wildman–Crippen MR) is 85.7 cm³/mol. The molecule has 1 aromatic heterocycles. The van der Waals surface area contributed by atoms with E-state index in [4.69, 9.17) is 4.74 Å². The molecule has 6 heteroatoms. The Kier molecular flexibility index (Phi) is 5.97. The number of hydrogen-bond acceptors (Lipinski definition) is 4. The SMILES string of the molecule is Cc1cnn(C(C)C(C)NC(C)C(=O)NCC2CCCO2)c1. The van der Waals surface area contributed by atoms with Gasteiger partial charge in [0, 0.05) is 25.4 Å². The lowest BCUT2D eigenvalue weighted by Crippen LogP contribution is -2.49. The quantitative estimate of drug-likeness (QED) is 0.799. The highest BCUT2D eigenvalue weighted by molar-refractivity contribution is 5.81. The Bertz CT molecular complexity index is 482. The first-order valence-electron chi connectivity index (χ1n) is 8.13. The van der Waals surface area contributed by atoms with E-state index >= 15 is 0 Å². The van der Waals surface area contributed by atoms with E-state index in [0.717, 1.165) is 25.0 Å². The zero-order valence-corrected chi connectivity index (χ0v) is 14.0. The zero-order chi connectivity index (χ0) is 16.1. The molecule has 1 saturated heterocycles. The molecule has 1 aliphatic heterocycles. The van der Waals surface area contributed by atoms with Crippen LogP contribution in [0.1, 0.15) is 45.2 Å². The Morgan fingerprint density at radius 2 is 2.27 bits per heavy atom. The first kappa shape index (κ1) is 17.0. The second kappa shape index (κ2) is 7.74. The van der Waals surface area contributed by atoms with Gasteiger partial charge in [-0.05, 0) is 46.1 Å². The fraction of sp³-hybridized carbons (Fsp3) is 0.750. The summed E-state index contributed by atoms with van der Waals surface area (Å²) in [5.41, 5.74) is 1.14. The molecule has 1 fully saturated rings. The van der Waals surface area contributed by atoms with Crippen molar-refractivity contribution < 1.29 is 9.53 Å². The van der Waals surface area contributed by atoms with E-state index in [0.29, 0.717) is 6.54 Å². The van der Waals surface area contributed by atoms with Gasteiger partial charge < -0.3 is 15.4 Å². The number of rotatable bonds is 7. The average molecular weight is 308 g/mol. The fourth-order valence-corrected chi connectivity index (χ4v) is 2.67. The third kappa shape index (κ3) is 4.55. The zero-order valence-electron chi connectivity index (χ0n) is 14.0. The molecule has 6 nitrogen and oxygen atoms in total. The summed E-state index contributed by atoms with van der Waals surface area (Å²) in [5, 5.41) is 10.6. The van der Waals surface area contributed by atoms with Gasteiger partial charge >= 0.3 is 0 Å². The van der Waals surface area contributed by atoms with Crippen molar-refractivity contribution in [2.75, 3.05) is 13.2 Å². The van der Waals surface area contributed by atoms with E-state index in [1.165, 1.54) is 0 Å². The fourth-order valence-electron chi connectivity index (χ4n) is 2.67. The highest BCUT2D eigenvalue weighted by Crippen LogP contribution is 2.12. The number of aryl methyl sites for hydroxylation is 1. The van der Waals surface area contributed by atoms with Gasteiger partial charge in [-0.3, -0.25) is 9.48 Å². The highest BCUT2D eigenvalue weighted by atomic mass is 16.5. The standard InChI is InChI=1S/C16H28N4O2/c1-11-8-18-20(10-11)14(4)12(2)19-13(3)16(21)17-9-15-6-5-7-22-15/h8,10,12-15,19H,5-7,9H2,1-4H3,(H,17,21). The molecule has 0 bridgehead atoms. The molecule has 0 radical (unpaired) electrons. The average Bonchev–Trinajstić information content (AvgIpc) is 3.15. The van der Waals surface area contributed by atoms with Crippen molar-refractivity contribution in [3.8, 4) is 0 Å². The second-order valence-corrected chi connectivity index (χ2v) is 6.30. The van der Waals surface area contributed by atoms with Crippen LogP contribution in [0, 0.1) is 6.92 Å². The van der Waals surface area contributed by atoms with Crippen molar-refractivity contribution in [3.05, 3.63) is 18.0 Å². The van der Waals surface area contributed by atoms with Crippen LogP contribution in [0.3, 0.4) is 0 Å². The minimum Gasteiger partial charge on any atom is -0.376 e. The molecule has 0 spiro atoms. The number of aromatic nitrogens is 2. The molecular weight excluding hydrogens is 280 g/mol. The van der Waals surface area contributed by atoms with Gasteiger partial charge in [0.2, 0.25) is 5.91 Å². The molecule has 4 atom stereocenters. The summed E-state index contributed by atoms with van der Waals surface area (Å²) in [6.07, 6.45) is 6.17. The maximum absolute atomic E-state index is 12.1. The van der Waals surface area contributed by atoms with Crippen LogP contribution in [0.5, 0.6) is 0 Å². The molecular formula is C16H28N4O2. The maximum Gasteiger partial charge on any atom is 0.236 e. The van der Waals surface area contributed by atoms with Crippen molar-refractivity contribution in [1.82, 2.24) is 20.4 Å². The van der Waals surface area contributed by atoms with E-state index in [1.807, 2.05) is 30.9 Å². The van der Waals surface area contributed by atoms with Crippen molar-refractivity contribution in [3.63, 3.8) is 0 Å². The number of hydrogen-bond donors (Lipinski definition) is 2. The molecule has 22 heavy (non-hydrogen) atoms. The van der Waals surface area contributed by atoms with Crippen molar-refractivity contribution in [2.45, 2.75) is 64.8 Å². The lowest BCUT2D eigenvalue weighted by molar-refractivity contribution is -0.123. The molecule has 0 saturated carbocycles.